The van der Waals surface area contributed by atoms with Gasteiger partial charge in [0.25, 0.3) is 0 Å². The molecule has 1 aromatic heterocycles. The molecule has 0 radical (unpaired) electrons. The molecule has 2 rings (SSSR count). The largest absolute Gasteiger partial charge is 0.462 e. The molecule has 0 amide bonds. The van der Waals surface area contributed by atoms with Crippen LogP contribution in [-0.2, 0) is 14.3 Å². The molecule has 2 N–H and O–H groups in total. The summed E-state index contributed by atoms with van der Waals surface area (Å²) in [5.74, 6) is 0.484. The zero-order valence-corrected chi connectivity index (χ0v) is 13.2. The molecule has 0 aliphatic carbocycles. The van der Waals surface area contributed by atoms with Crippen LogP contribution in [0, 0.1) is 0 Å². The second kappa shape index (κ2) is 6.74. The summed E-state index contributed by atoms with van der Waals surface area (Å²) in [4.78, 5) is 22.6. The zero-order valence-electron chi connectivity index (χ0n) is 13.2. The zero-order chi connectivity index (χ0) is 16.2. The van der Waals surface area contributed by atoms with E-state index in [2.05, 4.69) is 14.9 Å². The molecule has 0 aromatic carbocycles. The minimum absolute atomic E-state index is 0.163. The van der Waals surface area contributed by atoms with Gasteiger partial charge in [-0.3, -0.25) is 0 Å². The average molecular weight is 306 g/mol. The molecule has 120 valence electrons. The molecule has 1 fully saturated rings. The van der Waals surface area contributed by atoms with Crippen LogP contribution in [0.2, 0.25) is 0 Å². The predicted molar refractivity (Wildman–Crippen MR) is 83.1 cm³/mol. The molecular weight excluding hydrogens is 284 g/mol. The Bertz CT molecular complexity index is 572. The number of ether oxygens (including phenoxy) is 2. The standard InChI is InChI=1S/C15H22N4O3/c1-4-21-14(20)11(9-16)13-17-6-5-12(18-13)19-7-8-22-15(2,3)10-19/h5-6,9H,4,7-8,10,16H2,1-3H3. The van der Waals surface area contributed by atoms with E-state index >= 15 is 0 Å². The summed E-state index contributed by atoms with van der Waals surface area (Å²) in [6.45, 7) is 8.15. The van der Waals surface area contributed by atoms with Gasteiger partial charge in [-0.2, -0.15) is 0 Å². The van der Waals surface area contributed by atoms with Gasteiger partial charge in [-0.05, 0) is 26.8 Å². The van der Waals surface area contributed by atoms with Gasteiger partial charge in [0, 0.05) is 25.5 Å². The molecule has 0 unspecified atom stereocenters. The van der Waals surface area contributed by atoms with Crippen LogP contribution in [0.1, 0.15) is 26.6 Å². The van der Waals surface area contributed by atoms with E-state index in [0.717, 1.165) is 12.4 Å². The fourth-order valence-corrected chi connectivity index (χ4v) is 2.31. The van der Waals surface area contributed by atoms with E-state index in [0.29, 0.717) is 13.2 Å². The van der Waals surface area contributed by atoms with Crippen molar-refractivity contribution in [1.29, 1.82) is 0 Å². The number of carbonyl (C=O) groups is 1. The molecule has 7 nitrogen and oxygen atoms in total. The van der Waals surface area contributed by atoms with E-state index in [1.54, 1.807) is 13.1 Å². The fourth-order valence-electron chi connectivity index (χ4n) is 2.31. The number of anilines is 1. The highest BCUT2D eigenvalue weighted by atomic mass is 16.5. The van der Waals surface area contributed by atoms with Crippen LogP contribution in [0.25, 0.3) is 5.57 Å². The predicted octanol–water partition coefficient (Wildman–Crippen LogP) is 0.954. The number of aromatic nitrogens is 2. The third kappa shape index (κ3) is 3.73. The lowest BCUT2D eigenvalue weighted by atomic mass is 10.1. The average Bonchev–Trinajstić information content (AvgIpc) is 2.47. The molecule has 1 saturated heterocycles. The Morgan fingerprint density at radius 3 is 3.00 bits per heavy atom. The van der Waals surface area contributed by atoms with Crippen molar-refractivity contribution in [2.24, 2.45) is 5.73 Å². The molecule has 1 aliphatic heterocycles. The van der Waals surface area contributed by atoms with Crippen LogP contribution in [0.5, 0.6) is 0 Å². The summed E-state index contributed by atoms with van der Waals surface area (Å²) in [5, 5.41) is 0. The van der Waals surface area contributed by atoms with Crippen molar-refractivity contribution in [2.45, 2.75) is 26.4 Å². The Morgan fingerprint density at radius 1 is 1.59 bits per heavy atom. The van der Waals surface area contributed by atoms with Gasteiger partial charge in [0.2, 0.25) is 0 Å². The highest BCUT2D eigenvalue weighted by molar-refractivity contribution is 6.15. The summed E-state index contributed by atoms with van der Waals surface area (Å²) >= 11 is 0. The van der Waals surface area contributed by atoms with E-state index in [1.165, 1.54) is 6.20 Å². The summed E-state index contributed by atoms with van der Waals surface area (Å²) in [5.41, 5.74) is 5.46. The molecule has 1 aromatic rings. The van der Waals surface area contributed by atoms with Crippen molar-refractivity contribution in [2.75, 3.05) is 31.2 Å². The molecule has 0 atom stereocenters. The Kier molecular flexibility index (Phi) is 4.97. The minimum Gasteiger partial charge on any atom is -0.462 e. The van der Waals surface area contributed by atoms with Crippen molar-refractivity contribution >= 4 is 17.4 Å². The third-order valence-electron chi connectivity index (χ3n) is 3.29. The molecule has 0 spiro atoms. The number of hydrogen-bond acceptors (Lipinski definition) is 7. The second-order valence-electron chi connectivity index (χ2n) is 5.57. The van der Waals surface area contributed by atoms with Crippen LogP contribution in [-0.4, -0.2) is 47.8 Å². The summed E-state index contributed by atoms with van der Waals surface area (Å²) in [6.07, 6.45) is 2.79. The van der Waals surface area contributed by atoms with Gasteiger partial charge in [0.1, 0.15) is 11.4 Å². The minimum atomic E-state index is -0.524. The van der Waals surface area contributed by atoms with Crippen LogP contribution >= 0.6 is 0 Å². The highest BCUT2D eigenvalue weighted by Crippen LogP contribution is 2.22. The summed E-state index contributed by atoms with van der Waals surface area (Å²) < 4.78 is 10.7. The van der Waals surface area contributed by atoms with Crippen molar-refractivity contribution in [3.8, 4) is 0 Å². The number of rotatable bonds is 4. The van der Waals surface area contributed by atoms with E-state index in [1.807, 2.05) is 19.9 Å². The van der Waals surface area contributed by atoms with Crippen LogP contribution in [0.4, 0.5) is 5.82 Å². The lowest BCUT2D eigenvalue weighted by molar-refractivity contribution is -0.136. The van der Waals surface area contributed by atoms with Crippen LogP contribution in [0.15, 0.2) is 18.5 Å². The number of nitrogens with two attached hydrogens (primary N) is 1. The first-order valence-electron chi connectivity index (χ1n) is 7.28. The van der Waals surface area contributed by atoms with Gasteiger partial charge < -0.3 is 20.1 Å². The van der Waals surface area contributed by atoms with Crippen molar-refractivity contribution in [3.63, 3.8) is 0 Å². The first kappa shape index (κ1) is 16.2. The number of carbonyl (C=O) groups excluding carboxylic acids is 1. The van der Waals surface area contributed by atoms with E-state index in [-0.39, 0.29) is 23.6 Å². The van der Waals surface area contributed by atoms with Gasteiger partial charge in [-0.1, -0.05) is 0 Å². The number of nitrogens with zero attached hydrogens (tertiary/aromatic N) is 3. The lowest BCUT2D eigenvalue weighted by Gasteiger charge is -2.38. The molecule has 0 saturated carbocycles. The Hall–Kier alpha value is -2.15. The van der Waals surface area contributed by atoms with Crippen LogP contribution < -0.4 is 10.6 Å². The first-order valence-corrected chi connectivity index (χ1v) is 7.28. The maximum absolute atomic E-state index is 11.9. The van der Waals surface area contributed by atoms with Crippen molar-refractivity contribution in [1.82, 2.24) is 9.97 Å². The van der Waals surface area contributed by atoms with Gasteiger partial charge in [0.15, 0.2) is 5.82 Å². The van der Waals surface area contributed by atoms with Gasteiger partial charge >= 0.3 is 5.97 Å². The van der Waals surface area contributed by atoms with E-state index in [9.17, 15) is 4.79 Å². The number of morpholine rings is 1. The topological polar surface area (TPSA) is 90.6 Å². The summed E-state index contributed by atoms with van der Waals surface area (Å²) in [6, 6.07) is 1.81. The Balaban J connectivity index is 2.24. The molecule has 0 bridgehead atoms. The smallest absolute Gasteiger partial charge is 0.343 e. The Labute approximate surface area is 130 Å². The molecular formula is C15H22N4O3. The third-order valence-corrected chi connectivity index (χ3v) is 3.29. The second-order valence-corrected chi connectivity index (χ2v) is 5.57. The SMILES string of the molecule is CCOC(=O)C(=CN)c1nccc(N2CCOC(C)(C)C2)n1. The maximum Gasteiger partial charge on any atom is 0.343 e. The van der Waals surface area contributed by atoms with E-state index < -0.39 is 5.97 Å². The number of hydrogen-bond donors (Lipinski definition) is 1. The van der Waals surface area contributed by atoms with Gasteiger partial charge in [-0.25, -0.2) is 14.8 Å². The maximum atomic E-state index is 11.9. The monoisotopic (exact) mass is 306 g/mol. The van der Waals surface area contributed by atoms with Gasteiger partial charge in [0.05, 0.1) is 18.8 Å². The molecule has 2 heterocycles. The molecule has 7 heteroatoms. The fraction of sp³-hybridized carbons (Fsp3) is 0.533. The first-order chi connectivity index (χ1) is 10.5. The highest BCUT2D eigenvalue weighted by Gasteiger charge is 2.28. The molecule has 1 aliphatic rings. The van der Waals surface area contributed by atoms with E-state index in [4.69, 9.17) is 15.2 Å². The summed E-state index contributed by atoms with van der Waals surface area (Å²) in [7, 11) is 0. The van der Waals surface area contributed by atoms with Gasteiger partial charge in [-0.15, -0.1) is 0 Å². The van der Waals surface area contributed by atoms with Crippen molar-refractivity contribution < 1.29 is 14.3 Å². The normalized spacial score (nSPS) is 18.1. The quantitative estimate of drug-likeness (QED) is 0.654. The Morgan fingerprint density at radius 2 is 2.36 bits per heavy atom. The van der Waals surface area contributed by atoms with Crippen molar-refractivity contribution in [3.05, 3.63) is 24.3 Å². The number of esters is 1. The van der Waals surface area contributed by atoms with Crippen LogP contribution in [0.3, 0.4) is 0 Å². The molecule has 22 heavy (non-hydrogen) atoms. The lowest BCUT2D eigenvalue weighted by Crippen LogP contribution is -2.48.